The average Bonchev–Trinajstić information content (AvgIpc) is 2.26. The number of nitro benzene ring substituents is 1. The van der Waals surface area contributed by atoms with Crippen molar-refractivity contribution in [3.63, 3.8) is 0 Å². The van der Waals surface area contributed by atoms with Crippen LogP contribution in [-0.4, -0.2) is 21.7 Å². The number of hydrogen-bond acceptors (Lipinski definition) is 4. The summed E-state index contributed by atoms with van der Waals surface area (Å²) < 4.78 is 0. The fraction of sp³-hybridized carbons (Fsp3) is 0.364. The summed E-state index contributed by atoms with van der Waals surface area (Å²) in [5, 5.41) is 10.9. The van der Waals surface area contributed by atoms with Gasteiger partial charge in [-0.05, 0) is 5.25 Å². The van der Waals surface area contributed by atoms with E-state index in [0.29, 0.717) is 16.6 Å². The van der Waals surface area contributed by atoms with Crippen molar-refractivity contribution in [2.75, 3.05) is 5.75 Å². The first-order valence-electron chi connectivity index (χ1n) is 4.90. The van der Waals surface area contributed by atoms with Gasteiger partial charge < -0.3 is 0 Å². The monoisotopic (exact) mass is 239 g/mol. The van der Waals surface area contributed by atoms with Crippen molar-refractivity contribution in [1.82, 2.24) is 0 Å². The molecule has 0 N–H and O–H groups in total. The molecule has 0 amide bonds. The summed E-state index contributed by atoms with van der Waals surface area (Å²) in [6.07, 6.45) is 0. The molecular weight excluding hydrogens is 226 g/mol. The number of carbonyl (C=O) groups excluding carboxylic acids is 1. The molecular formula is C11H13NO3S. The van der Waals surface area contributed by atoms with Gasteiger partial charge in [0.25, 0.3) is 5.69 Å². The Bertz CT molecular complexity index is 404. The number of Topliss-reactive ketones (excluding diaryl/α,β-unsaturated/α-hetero) is 1. The molecule has 0 bridgehead atoms. The summed E-state index contributed by atoms with van der Waals surface area (Å²) in [6, 6.07) is 5.84. The number of benzene rings is 1. The molecule has 0 saturated carbocycles. The Balaban J connectivity index is 2.76. The summed E-state index contributed by atoms with van der Waals surface area (Å²) in [7, 11) is 0. The topological polar surface area (TPSA) is 60.2 Å². The fourth-order valence-corrected chi connectivity index (χ4v) is 1.77. The molecule has 1 aromatic carbocycles. The van der Waals surface area contributed by atoms with Crippen LogP contribution in [-0.2, 0) is 0 Å². The highest BCUT2D eigenvalue weighted by atomic mass is 32.2. The van der Waals surface area contributed by atoms with E-state index in [4.69, 9.17) is 0 Å². The molecule has 0 aliphatic rings. The molecule has 0 atom stereocenters. The maximum Gasteiger partial charge on any atom is 0.270 e. The second-order valence-electron chi connectivity index (χ2n) is 3.59. The molecule has 5 heteroatoms. The van der Waals surface area contributed by atoms with Crippen molar-refractivity contribution in [2.45, 2.75) is 19.1 Å². The van der Waals surface area contributed by atoms with Gasteiger partial charge in [-0.15, -0.1) is 0 Å². The van der Waals surface area contributed by atoms with Gasteiger partial charge in [-0.1, -0.05) is 26.0 Å². The van der Waals surface area contributed by atoms with Gasteiger partial charge in [-0.2, -0.15) is 11.8 Å². The molecule has 16 heavy (non-hydrogen) atoms. The Kier molecular flexibility index (Phi) is 4.49. The van der Waals surface area contributed by atoms with E-state index >= 15 is 0 Å². The molecule has 0 saturated heterocycles. The molecule has 0 radical (unpaired) electrons. The minimum absolute atomic E-state index is 0.0413. The van der Waals surface area contributed by atoms with Crippen molar-refractivity contribution >= 4 is 23.2 Å². The zero-order chi connectivity index (χ0) is 12.1. The van der Waals surface area contributed by atoms with Crippen LogP contribution in [0.1, 0.15) is 24.2 Å². The van der Waals surface area contributed by atoms with Crippen molar-refractivity contribution < 1.29 is 9.72 Å². The lowest BCUT2D eigenvalue weighted by molar-refractivity contribution is -0.384. The molecule has 0 unspecified atom stereocenters. The molecule has 0 heterocycles. The van der Waals surface area contributed by atoms with Crippen LogP contribution in [0.15, 0.2) is 24.3 Å². The second-order valence-corrected chi connectivity index (χ2v) is 5.16. The molecule has 0 aromatic heterocycles. The highest BCUT2D eigenvalue weighted by Crippen LogP contribution is 2.16. The van der Waals surface area contributed by atoms with E-state index in [0.717, 1.165) is 0 Å². The quantitative estimate of drug-likeness (QED) is 0.450. The third-order valence-electron chi connectivity index (χ3n) is 1.93. The Labute approximate surface area is 98.2 Å². The highest BCUT2D eigenvalue weighted by molar-refractivity contribution is 8.00. The molecule has 1 aromatic rings. The van der Waals surface area contributed by atoms with Crippen LogP contribution in [0.25, 0.3) is 0 Å². The normalized spacial score (nSPS) is 10.4. The van der Waals surface area contributed by atoms with Crippen LogP contribution in [0.3, 0.4) is 0 Å². The Hall–Kier alpha value is -1.36. The first-order chi connectivity index (χ1) is 7.50. The van der Waals surface area contributed by atoms with E-state index in [-0.39, 0.29) is 11.5 Å². The number of nitro groups is 1. The van der Waals surface area contributed by atoms with Gasteiger partial charge in [0, 0.05) is 17.7 Å². The van der Waals surface area contributed by atoms with Gasteiger partial charge in [-0.25, -0.2) is 0 Å². The lowest BCUT2D eigenvalue weighted by Gasteiger charge is -2.03. The minimum atomic E-state index is -0.494. The van der Waals surface area contributed by atoms with Gasteiger partial charge >= 0.3 is 0 Å². The van der Waals surface area contributed by atoms with E-state index in [1.807, 2.05) is 13.8 Å². The maximum absolute atomic E-state index is 11.7. The Morgan fingerprint density at radius 3 is 2.75 bits per heavy atom. The number of hydrogen-bond donors (Lipinski definition) is 0. The summed E-state index contributed by atoms with van der Waals surface area (Å²) in [4.78, 5) is 21.7. The third-order valence-corrected chi connectivity index (χ3v) is 3.02. The second kappa shape index (κ2) is 5.65. The number of nitrogens with zero attached hydrogens (tertiary/aromatic N) is 1. The highest BCUT2D eigenvalue weighted by Gasteiger charge is 2.11. The van der Waals surface area contributed by atoms with Crippen molar-refractivity contribution in [3.8, 4) is 0 Å². The van der Waals surface area contributed by atoms with Gasteiger partial charge in [-0.3, -0.25) is 14.9 Å². The van der Waals surface area contributed by atoms with Gasteiger partial charge in [0.05, 0.1) is 10.7 Å². The smallest absolute Gasteiger partial charge is 0.270 e. The minimum Gasteiger partial charge on any atom is -0.293 e. The van der Waals surface area contributed by atoms with Crippen molar-refractivity contribution in [3.05, 3.63) is 39.9 Å². The van der Waals surface area contributed by atoms with Gasteiger partial charge in [0.15, 0.2) is 5.78 Å². The summed E-state index contributed by atoms with van der Waals surface area (Å²) >= 11 is 1.53. The molecule has 4 nitrogen and oxygen atoms in total. The first kappa shape index (κ1) is 12.7. The third kappa shape index (κ3) is 3.66. The van der Waals surface area contributed by atoms with Crippen LogP contribution in [0.5, 0.6) is 0 Å². The number of rotatable bonds is 5. The van der Waals surface area contributed by atoms with E-state index in [2.05, 4.69) is 0 Å². The number of thioether (sulfide) groups is 1. The zero-order valence-corrected chi connectivity index (χ0v) is 9.99. The number of carbonyl (C=O) groups is 1. The molecule has 0 aliphatic heterocycles. The lowest BCUT2D eigenvalue weighted by Crippen LogP contribution is -2.05. The molecule has 86 valence electrons. The number of non-ortho nitro benzene ring substituents is 1. The summed E-state index contributed by atoms with van der Waals surface area (Å²) in [5.41, 5.74) is 0.364. The van der Waals surface area contributed by atoms with Crippen LogP contribution in [0.4, 0.5) is 5.69 Å². The van der Waals surface area contributed by atoms with Crippen LogP contribution < -0.4 is 0 Å². The predicted octanol–water partition coefficient (Wildman–Crippen LogP) is 2.92. The molecule has 0 aliphatic carbocycles. The maximum atomic E-state index is 11.7. The lowest BCUT2D eigenvalue weighted by atomic mass is 10.1. The Morgan fingerprint density at radius 2 is 2.19 bits per heavy atom. The molecule has 1 rings (SSSR count). The standard InChI is InChI=1S/C11H13NO3S/c1-8(2)16-7-11(13)9-4-3-5-10(6-9)12(14)15/h3-6,8H,7H2,1-2H3. The fourth-order valence-electron chi connectivity index (χ4n) is 1.12. The number of ketones is 1. The van der Waals surface area contributed by atoms with Crippen molar-refractivity contribution in [1.29, 1.82) is 0 Å². The van der Waals surface area contributed by atoms with Crippen molar-refractivity contribution in [2.24, 2.45) is 0 Å². The zero-order valence-electron chi connectivity index (χ0n) is 9.17. The van der Waals surface area contributed by atoms with E-state index in [9.17, 15) is 14.9 Å². The summed E-state index contributed by atoms with van der Waals surface area (Å²) in [6.45, 7) is 4.01. The summed E-state index contributed by atoms with van der Waals surface area (Å²) in [5.74, 6) is 0.293. The average molecular weight is 239 g/mol. The largest absolute Gasteiger partial charge is 0.293 e. The van der Waals surface area contributed by atoms with Crippen LogP contribution >= 0.6 is 11.8 Å². The molecule has 0 spiro atoms. The predicted molar refractivity (Wildman–Crippen MR) is 65.0 cm³/mol. The van der Waals surface area contributed by atoms with E-state index < -0.39 is 4.92 Å². The van der Waals surface area contributed by atoms with Crippen LogP contribution in [0.2, 0.25) is 0 Å². The van der Waals surface area contributed by atoms with E-state index in [1.54, 1.807) is 6.07 Å². The van der Waals surface area contributed by atoms with E-state index in [1.165, 1.54) is 30.0 Å². The SMILES string of the molecule is CC(C)SCC(=O)c1cccc([N+](=O)[O-])c1. The van der Waals surface area contributed by atoms with Crippen LogP contribution in [0, 0.1) is 10.1 Å². The first-order valence-corrected chi connectivity index (χ1v) is 5.95. The molecule has 0 fully saturated rings. The van der Waals surface area contributed by atoms with Gasteiger partial charge in [0.1, 0.15) is 0 Å². The Morgan fingerprint density at radius 1 is 1.50 bits per heavy atom. The van der Waals surface area contributed by atoms with Gasteiger partial charge in [0.2, 0.25) is 0 Å².